The molecule has 0 bridgehead atoms. The zero-order valence-electron chi connectivity index (χ0n) is 15.9. The molecule has 0 saturated heterocycles. The lowest BCUT2D eigenvalue weighted by atomic mass is 10.2. The summed E-state index contributed by atoms with van der Waals surface area (Å²) >= 11 is 1.39. The molecule has 148 valence electrons. The van der Waals surface area contributed by atoms with Crippen molar-refractivity contribution in [1.82, 2.24) is 14.6 Å². The molecule has 0 saturated carbocycles. The Morgan fingerprint density at radius 3 is 2.79 bits per heavy atom. The molecule has 1 amide bonds. The molecule has 4 aromatic rings. The summed E-state index contributed by atoms with van der Waals surface area (Å²) in [7, 11) is 0. The average molecular weight is 410 g/mol. The number of carbonyl (C=O) groups is 1. The number of hydrogen-bond acceptors (Lipinski definition) is 5. The van der Waals surface area contributed by atoms with Crippen LogP contribution < -0.4 is 10.1 Å². The minimum Gasteiger partial charge on any atom is -0.493 e. The molecular formula is C21H19FN4O2S. The zero-order valence-corrected chi connectivity index (χ0v) is 16.7. The number of amides is 1. The van der Waals surface area contributed by atoms with Crippen LogP contribution in [0.4, 0.5) is 10.3 Å². The number of halogens is 1. The highest BCUT2D eigenvalue weighted by molar-refractivity contribution is 7.15. The Morgan fingerprint density at radius 1 is 1.24 bits per heavy atom. The summed E-state index contributed by atoms with van der Waals surface area (Å²) in [6, 6.07) is 13.1. The van der Waals surface area contributed by atoms with E-state index in [0.717, 1.165) is 11.3 Å². The first-order chi connectivity index (χ1) is 14.0. The summed E-state index contributed by atoms with van der Waals surface area (Å²) in [5.41, 5.74) is 2.06. The van der Waals surface area contributed by atoms with Gasteiger partial charge in [-0.25, -0.2) is 8.91 Å². The van der Waals surface area contributed by atoms with E-state index in [9.17, 15) is 9.18 Å². The third-order valence-corrected chi connectivity index (χ3v) is 4.94. The van der Waals surface area contributed by atoms with E-state index in [2.05, 4.69) is 29.2 Å². The third kappa shape index (κ3) is 4.27. The van der Waals surface area contributed by atoms with Crippen LogP contribution in [0.15, 0.2) is 53.9 Å². The number of nitrogens with zero attached hydrogens (tertiary/aromatic N) is 3. The molecule has 0 aliphatic carbocycles. The predicted molar refractivity (Wildman–Crippen MR) is 111 cm³/mol. The van der Waals surface area contributed by atoms with Crippen LogP contribution >= 0.6 is 11.3 Å². The van der Waals surface area contributed by atoms with Gasteiger partial charge in [0.25, 0.3) is 11.9 Å². The summed E-state index contributed by atoms with van der Waals surface area (Å²) in [5.74, 6) is 0.626. The van der Waals surface area contributed by atoms with Crippen molar-refractivity contribution in [3.63, 3.8) is 0 Å². The maximum absolute atomic E-state index is 13.2. The number of carbonyl (C=O) groups excluding carboxylic acids is 1. The quantitative estimate of drug-likeness (QED) is 0.492. The number of nitrogens with one attached hydrogen (secondary N) is 1. The lowest BCUT2D eigenvalue weighted by Gasteiger charge is -2.09. The van der Waals surface area contributed by atoms with Crippen molar-refractivity contribution in [3.05, 3.63) is 65.3 Å². The molecule has 0 unspecified atom stereocenters. The molecule has 0 fully saturated rings. The summed E-state index contributed by atoms with van der Waals surface area (Å²) in [4.78, 5) is 17.6. The summed E-state index contributed by atoms with van der Waals surface area (Å²) < 4.78 is 20.5. The zero-order chi connectivity index (χ0) is 20.4. The topological polar surface area (TPSA) is 68.5 Å². The highest BCUT2D eigenvalue weighted by Gasteiger charge is 2.15. The second kappa shape index (κ2) is 8.00. The highest BCUT2D eigenvalue weighted by atomic mass is 32.1. The van der Waals surface area contributed by atoms with Gasteiger partial charge in [-0.15, -0.1) is 16.4 Å². The first kappa shape index (κ1) is 19.1. The van der Waals surface area contributed by atoms with E-state index >= 15 is 0 Å². The molecule has 0 radical (unpaired) electrons. The predicted octanol–water partition coefficient (Wildman–Crippen LogP) is 4.88. The van der Waals surface area contributed by atoms with Gasteiger partial charge in [-0.2, -0.15) is 4.98 Å². The van der Waals surface area contributed by atoms with E-state index in [1.807, 2.05) is 11.4 Å². The van der Waals surface area contributed by atoms with Crippen molar-refractivity contribution in [2.24, 2.45) is 5.92 Å². The smallest absolute Gasteiger partial charge is 0.258 e. The van der Waals surface area contributed by atoms with Crippen molar-refractivity contribution >= 4 is 28.2 Å². The Hall–Kier alpha value is -3.26. The number of hydrogen-bond donors (Lipinski definition) is 1. The summed E-state index contributed by atoms with van der Waals surface area (Å²) in [5, 5.41) is 8.99. The summed E-state index contributed by atoms with van der Waals surface area (Å²) in [6.45, 7) is 4.70. The standard InChI is InChI=1S/C21H19FN4O2S/c1-13(2)11-28-17-5-3-4-15(10-17)19(27)23-20-24-21-26(25-20)18(12-29-21)14-6-8-16(22)9-7-14/h3-10,12-13H,11H2,1-2H3,(H,23,25,27). The molecule has 1 N–H and O–H groups in total. The van der Waals surface area contributed by atoms with Crippen molar-refractivity contribution in [2.45, 2.75) is 13.8 Å². The van der Waals surface area contributed by atoms with Crippen LogP contribution in [0.25, 0.3) is 16.2 Å². The second-order valence-electron chi connectivity index (χ2n) is 6.94. The van der Waals surface area contributed by atoms with Gasteiger partial charge in [0.05, 0.1) is 12.3 Å². The number of fused-ring (bicyclic) bond motifs is 1. The van der Waals surface area contributed by atoms with Gasteiger partial charge < -0.3 is 4.74 Å². The molecule has 2 aromatic carbocycles. The van der Waals surface area contributed by atoms with Gasteiger partial charge in [-0.1, -0.05) is 19.9 Å². The highest BCUT2D eigenvalue weighted by Crippen LogP contribution is 2.26. The maximum atomic E-state index is 13.2. The molecule has 4 rings (SSSR count). The Labute approximate surface area is 171 Å². The Kier molecular flexibility index (Phi) is 5.26. The molecule has 0 aliphatic rings. The molecule has 8 heteroatoms. The minimum atomic E-state index is -0.318. The second-order valence-corrected chi connectivity index (χ2v) is 7.78. The van der Waals surface area contributed by atoms with Gasteiger partial charge in [0.1, 0.15) is 11.6 Å². The molecule has 0 aliphatic heterocycles. The molecular weight excluding hydrogens is 391 g/mol. The lowest BCUT2D eigenvalue weighted by molar-refractivity contribution is 0.102. The lowest BCUT2D eigenvalue weighted by Crippen LogP contribution is -2.13. The van der Waals surface area contributed by atoms with E-state index < -0.39 is 0 Å². The number of rotatable bonds is 6. The fraction of sp³-hybridized carbons (Fsp3) is 0.190. The number of anilines is 1. The minimum absolute atomic E-state index is 0.207. The van der Waals surface area contributed by atoms with Crippen molar-refractivity contribution in [1.29, 1.82) is 0 Å². The van der Waals surface area contributed by atoms with Crippen LogP contribution in [0, 0.1) is 11.7 Å². The van der Waals surface area contributed by atoms with Crippen molar-refractivity contribution in [2.75, 3.05) is 11.9 Å². The van der Waals surface area contributed by atoms with Crippen LogP contribution in [0.5, 0.6) is 5.75 Å². The van der Waals surface area contributed by atoms with Gasteiger partial charge in [0, 0.05) is 16.5 Å². The van der Waals surface area contributed by atoms with Gasteiger partial charge >= 0.3 is 0 Å². The van der Waals surface area contributed by atoms with E-state index in [0.29, 0.717) is 28.8 Å². The number of ether oxygens (including phenoxy) is 1. The first-order valence-electron chi connectivity index (χ1n) is 9.14. The SMILES string of the molecule is CC(C)COc1cccc(C(=O)Nc2nc3scc(-c4ccc(F)cc4)n3n2)c1. The fourth-order valence-corrected chi connectivity index (χ4v) is 3.55. The van der Waals surface area contributed by atoms with E-state index in [4.69, 9.17) is 4.74 Å². The number of aromatic nitrogens is 3. The largest absolute Gasteiger partial charge is 0.493 e. The van der Waals surface area contributed by atoms with Crippen LogP contribution in [0.3, 0.4) is 0 Å². The van der Waals surface area contributed by atoms with Crippen LogP contribution in [-0.4, -0.2) is 27.1 Å². The van der Waals surface area contributed by atoms with Crippen molar-refractivity contribution < 1.29 is 13.9 Å². The van der Waals surface area contributed by atoms with Gasteiger partial charge in [0.2, 0.25) is 4.96 Å². The first-order valence-corrected chi connectivity index (χ1v) is 10.0. The molecule has 2 heterocycles. The summed E-state index contributed by atoms with van der Waals surface area (Å²) in [6.07, 6.45) is 0. The van der Waals surface area contributed by atoms with Gasteiger partial charge in [-0.3, -0.25) is 10.1 Å². The molecule has 0 atom stereocenters. The van der Waals surface area contributed by atoms with Crippen LogP contribution in [-0.2, 0) is 0 Å². The normalized spacial score (nSPS) is 11.2. The Bertz CT molecular complexity index is 1150. The Balaban J connectivity index is 1.53. The average Bonchev–Trinajstić information content (AvgIpc) is 3.27. The number of benzene rings is 2. The van der Waals surface area contributed by atoms with Crippen LogP contribution in [0.1, 0.15) is 24.2 Å². The Morgan fingerprint density at radius 2 is 2.03 bits per heavy atom. The third-order valence-electron chi connectivity index (χ3n) is 4.13. The van der Waals surface area contributed by atoms with Crippen molar-refractivity contribution in [3.8, 4) is 17.0 Å². The van der Waals surface area contributed by atoms with Crippen LogP contribution in [0.2, 0.25) is 0 Å². The van der Waals surface area contributed by atoms with E-state index in [-0.39, 0.29) is 17.7 Å². The maximum Gasteiger partial charge on any atom is 0.258 e. The molecule has 2 aromatic heterocycles. The van der Waals surface area contributed by atoms with Gasteiger partial charge in [0.15, 0.2) is 0 Å². The molecule has 29 heavy (non-hydrogen) atoms. The molecule has 6 nitrogen and oxygen atoms in total. The van der Waals surface area contributed by atoms with Gasteiger partial charge in [-0.05, 0) is 48.4 Å². The monoisotopic (exact) mass is 410 g/mol. The van der Waals surface area contributed by atoms with E-state index in [1.165, 1.54) is 23.5 Å². The molecule has 0 spiro atoms. The van der Waals surface area contributed by atoms with E-state index in [1.54, 1.807) is 34.8 Å². The fourth-order valence-electron chi connectivity index (χ4n) is 2.72. The number of thiazole rings is 1.